The van der Waals surface area contributed by atoms with Gasteiger partial charge in [0, 0.05) is 30.9 Å². The first-order valence-electron chi connectivity index (χ1n) is 19.8. The van der Waals surface area contributed by atoms with Gasteiger partial charge in [-0.1, -0.05) is 134 Å². The minimum absolute atomic E-state index is 0.0911. The van der Waals surface area contributed by atoms with Gasteiger partial charge in [0.25, 0.3) is 0 Å². The topological polar surface area (TPSA) is 85.5 Å². The van der Waals surface area contributed by atoms with E-state index in [4.69, 9.17) is 0 Å². The van der Waals surface area contributed by atoms with Crippen molar-refractivity contribution in [3.8, 4) is 0 Å². The number of carbonyl (C=O) groups excluding carboxylic acids is 2. The number of Topliss-reactive ketones (excluding diaryl/α,β-unsaturated/α-hetero) is 1. The van der Waals surface area contributed by atoms with E-state index in [0.717, 1.165) is 68.6 Å². The number of ketones is 1. The molecule has 0 bridgehead atoms. The number of rotatable bonds is 18. The third kappa shape index (κ3) is 12.0. The fourth-order valence-electron chi connectivity index (χ4n) is 8.19. The van der Waals surface area contributed by atoms with Gasteiger partial charge in [0.15, 0.2) is 5.78 Å². The van der Waals surface area contributed by atoms with E-state index in [-0.39, 0.29) is 46.1 Å². The lowest BCUT2D eigenvalue weighted by atomic mass is 9.70. The van der Waals surface area contributed by atoms with Crippen molar-refractivity contribution in [3.63, 3.8) is 0 Å². The fraction of sp³-hybridized carbons (Fsp3) is 0.767. The van der Waals surface area contributed by atoms with Crippen molar-refractivity contribution in [2.75, 3.05) is 20.1 Å². The number of carbonyl (C=O) groups is 2. The highest BCUT2D eigenvalue weighted by Crippen LogP contribution is 2.65. The summed E-state index contributed by atoms with van der Waals surface area (Å²) in [6, 6.07) is -0.0301. The normalized spacial score (nSPS) is 23.2. The Morgan fingerprint density at radius 2 is 1.56 bits per heavy atom. The first kappa shape index (κ1) is 45.5. The largest absolute Gasteiger partial charge is 0.382 e. The highest BCUT2D eigenvalue weighted by Gasteiger charge is 2.69. The number of nitrogens with one attached hydrogen (secondary N) is 4. The first-order valence-corrected chi connectivity index (χ1v) is 19.8. The number of likely N-dealkylation sites (N-methyl/N-ethyl adjacent to an activating group) is 1. The number of likely N-dealkylation sites (tertiary alicyclic amines) is 1. The maximum absolute atomic E-state index is 14.1. The molecule has 7 heteroatoms. The Bertz CT molecular complexity index is 1130. The van der Waals surface area contributed by atoms with Crippen molar-refractivity contribution < 1.29 is 9.59 Å². The number of hydrogen-bond acceptors (Lipinski definition) is 6. The van der Waals surface area contributed by atoms with E-state index in [1.807, 2.05) is 31.9 Å². The molecule has 1 aliphatic heterocycles. The second-order valence-electron chi connectivity index (χ2n) is 16.8. The van der Waals surface area contributed by atoms with E-state index in [9.17, 15) is 9.59 Å². The number of amides is 1. The van der Waals surface area contributed by atoms with Crippen LogP contribution in [0.15, 0.2) is 49.5 Å². The zero-order chi connectivity index (χ0) is 38.4. The summed E-state index contributed by atoms with van der Waals surface area (Å²) >= 11 is 0. The van der Waals surface area contributed by atoms with Gasteiger partial charge in [-0.3, -0.25) is 9.59 Å². The van der Waals surface area contributed by atoms with Gasteiger partial charge < -0.3 is 26.2 Å². The van der Waals surface area contributed by atoms with E-state index in [0.29, 0.717) is 24.4 Å². The van der Waals surface area contributed by atoms with E-state index in [1.165, 1.54) is 19.3 Å². The highest BCUT2D eigenvalue weighted by molar-refractivity contribution is 5.92. The van der Waals surface area contributed by atoms with Crippen molar-refractivity contribution >= 4 is 11.7 Å². The molecule has 6 atom stereocenters. The van der Waals surface area contributed by atoms with Gasteiger partial charge in [-0.05, 0) is 73.3 Å². The maximum atomic E-state index is 14.1. The van der Waals surface area contributed by atoms with Crippen molar-refractivity contribution in [2.45, 2.75) is 165 Å². The van der Waals surface area contributed by atoms with Crippen molar-refractivity contribution in [1.82, 2.24) is 26.2 Å². The second kappa shape index (κ2) is 20.5. The Morgan fingerprint density at radius 1 is 0.960 bits per heavy atom. The Kier molecular flexibility index (Phi) is 18.6. The zero-order valence-electron chi connectivity index (χ0n) is 34.6. The number of fused-ring (bicyclic) bond motifs is 1. The summed E-state index contributed by atoms with van der Waals surface area (Å²) in [6.45, 7) is 41.0. The molecule has 1 saturated heterocycles. The third-order valence-corrected chi connectivity index (χ3v) is 11.6. The molecule has 4 N–H and O–H groups in total. The molecule has 2 saturated carbocycles. The van der Waals surface area contributed by atoms with Crippen molar-refractivity contribution in [2.24, 2.45) is 28.1 Å². The predicted molar refractivity (Wildman–Crippen MR) is 216 cm³/mol. The fourth-order valence-corrected chi connectivity index (χ4v) is 8.19. The van der Waals surface area contributed by atoms with Crippen LogP contribution in [-0.4, -0.2) is 60.9 Å². The van der Waals surface area contributed by atoms with E-state index in [2.05, 4.69) is 103 Å². The van der Waals surface area contributed by atoms with Crippen LogP contribution in [0.25, 0.3) is 0 Å². The van der Waals surface area contributed by atoms with Crippen LogP contribution in [0.5, 0.6) is 0 Å². The first-order chi connectivity index (χ1) is 23.4. The average molecular weight is 698 g/mol. The zero-order valence-corrected chi connectivity index (χ0v) is 34.6. The summed E-state index contributed by atoms with van der Waals surface area (Å²) in [6.07, 6.45) is 13.1. The quantitative estimate of drug-likeness (QED) is 0.0846. The second-order valence-corrected chi connectivity index (χ2v) is 16.8. The van der Waals surface area contributed by atoms with E-state index >= 15 is 0 Å². The van der Waals surface area contributed by atoms with Crippen LogP contribution in [0.3, 0.4) is 0 Å². The van der Waals surface area contributed by atoms with Crippen LogP contribution < -0.4 is 21.3 Å². The number of hydrogen-bond donors (Lipinski definition) is 4. The summed E-state index contributed by atoms with van der Waals surface area (Å²) < 4.78 is 0. The summed E-state index contributed by atoms with van der Waals surface area (Å²) in [5.74, 6) is 1.69. The molecule has 3 fully saturated rings. The lowest BCUT2D eigenvalue weighted by molar-refractivity contribution is -0.143. The SMILES string of the molecule is C=C(NC(CCC)C(C)(C)C)NC(C(=O)N1C[C@H]2[C@@H](C1C(C)=O)C2(C)C)C1(C)CCCCC1.C=CCNC(=C)C(=C)C(CCCC)NC.CC. The lowest BCUT2D eigenvalue weighted by Gasteiger charge is -2.44. The van der Waals surface area contributed by atoms with Gasteiger partial charge in [0.1, 0.15) is 6.04 Å². The standard InChI is InChI=1S/C28H49N3O2.C13H24N2.C2H6/c1-10-14-21(26(4,5)6)29-19(3)30-24(28(9)15-12-11-13-16-28)25(33)31-17-20-22(27(20,7)8)23(31)18(2)32;1-6-8-9-13(14-5)11(3)12(4)15-10-7-2;1-2/h20-24,29-30H,3,10-17H2,1-2,4-9H3;7,13-15H,2-4,6,8-10H2,1,5H3;1-2H3/t20-,21?,22-,23?,24?;;/m0../s1. The van der Waals surface area contributed by atoms with Gasteiger partial charge in [-0.2, -0.15) is 0 Å². The molecular formula is C43H79N5O2. The summed E-state index contributed by atoms with van der Waals surface area (Å²) in [5, 5.41) is 13.6. The molecule has 0 aromatic rings. The van der Waals surface area contributed by atoms with Crippen LogP contribution in [0.2, 0.25) is 0 Å². The van der Waals surface area contributed by atoms with Gasteiger partial charge >= 0.3 is 0 Å². The Labute approximate surface area is 309 Å². The van der Waals surface area contributed by atoms with Gasteiger partial charge in [-0.15, -0.1) is 6.58 Å². The van der Waals surface area contributed by atoms with Crippen LogP contribution >= 0.6 is 0 Å². The van der Waals surface area contributed by atoms with E-state index < -0.39 is 0 Å². The Hall–Kier alpha value is -2.54. The minimum Gasteiger partial charge on any atom is -0.382 e. The molecule has 0 aromatic heterocycles. The van der Waals surface area contributed by atoms with Crippen molar-refractivity contribution in [3.05, 3.63) is 49.5 Å². The van der Waals surface area contributed by atoms with E-state index in [1.54, 1.807) is 6.92 Å². The highest BCUT2D eigenvalue weighted by atomic mass is 16.2. The molecule has 0 aromatic carbocycles. The molecule has 1 heterocycles. The van der Waals surface area contributed by atoms with Gasteiger partial charge in [0.05, 0.1) is 11.9 Å². The van der Waals surface area contributed by atoms with Crippen LogP contribution in [-0.2, 0) is 9.59 Å². The monoisotopic (exact) mass is 698 g/mol. The minimum atomic E-state index is -0.359. The Morgan fingerprint density at radius 3 is 2.04 bits per heavy atom. The molecule has 0 radical (unpaired) electrons. The van der Waals surface area contributed by atoms with Gasteiger partial charge in [-0.25, -0.2) is 0 Å². The van der Waals surface area contributed by atoms with Crippen LogP contribution in [0.4, 0.5) is 0 Å². The average Bonchev–Trinajstić information content (AvgIpc) is 3.37. The van der Waals surface area contributed by atoms with Gasteiger partial charge in [0.2, 0.25) is 5.91 Å². The third-order valence-electron chi connectivity index (χ3n) is 11.6. The summed E-state index contributed by atoms with van der Waals surface area (Å²) in [7, 11) is 1.96. The smallest absolute Gasteiger partial charge is 0.246 e. The lowest BCUT2D eigenvalue weighted by Crippen LogP contribution is -2.59. The molecule has 50 heavy (non-hydrogen) atoms. The Balaban J connectivity index is 0.000000620. The van der Waals surface area contributed by atoms with Crippen molar-refractivity contribution in [1.29, 1.82) is 0 Å². The molecule has 0 spiro atoms. The molecule has 7 nitrogen and oxygen atoms in total. The molecule has 3 aliphatic rings. The number of unbranched alkanes of at least 4 members (excludes halogenated alkanes) is 1. The molecule has 2 aliphatic carbocycles. The number of piperidine rings is 1. The maximum Gasteiger partial charge on any atom is 0.246 e. The van der Waals surface area contributed by atoms with Crippen LogP contribution in [0.1, 0.15) is 140 Å². The van der Waals surface area contributed by atoms with Crippen LogP contribution in [0, 0.1) is 28.1 Å². The molecule has 4 unspecified atom stereocenters. The summed E-state index contributed by atoms with van der Waals surface area (Å²) in [4.78, 5) is 28.7. The summed E-state index contributed by atoms with van der Waals surface area (Å²) in [5.41, 5.74) is 2.08. The number of nitrogens with zero attached hydrogens (tertiary/aromatic N) is 1. The molecule has 3 rings (SSSR count). The molecule has 288 valence electrons. The predicted octanol–water partition coefficient (Wildman–Crippen LogP) is 8.90. The molecular weight excluding hydrogens is 619 g/mol. The molecule has 1 amide bonds.